The van der Waals surface area contributed by atoms with Gasteiger partial charge in [0.2, 0.25) is 5.78 Å². The van der Waals surface area contributed by atoms with E-state index in [4.69, 9.17) is 11.6 Å². The monoisotopic (exact) mass is 286 g/mol. The maximum atomic E-state index is 13.0. The summed E-state index contributed by atoms with van der Waals surface area (Å²) < 4.78 is 37.2. The minimum absolute atomic E-state index is 0.199. The highest BCUT2D eigenvalue weighted by molar-refractivity contribution is 9.10. The standard InChI is InChI=1S/C8H3BrClF3O/c9-3-1-2-4(11)5(6(3)10)7(14)8(12)13/h1-2,8H. The summed E-state index contributed by atoms with van der Waals surface area (Å²) in [5, 5.41) is -0.338. The number of carbonyl (C=O) groups excluding carboxylic acids is 1. The fourth-order valence-electron chi connectivity index (χ4n) is 0.862. The van der Waals surface area contributed by atoms with Crippen LogP contribution in [0.2, 0.25) is 5.02 Å². The Morgan fingerprint density at radius 1 is 1.43 bits per heavy atom. The lowest BCUT2D eigenvalue weighted by molar-refractivity contribution is 0.0674. The van der Waals surface area contributed by atoms with Crippen LogP contribution in [-0.4, -0.2) is 12.2 Å². The van der Waals surface area contributed by atoms with Crippen LogP contribution in [0, 0.1) is 5.82 Å². The van der Waals surface area contributed by atoms with Gasteiger partial charge in [0.25, 0.3) is 0 Å². The molecule has 0 radical (unpaired) electrons. The second kappa shape index (κ2) is 4.31. The summed E-state index contributed by atoms with van der Waals surface area (Å²) in [6.45, 7) is 0. The Balaban J connectivity index is 3.33. The highest BCUT2D eigenvalue weighted by Gasteiger charge is 2.25. The van der Waals surface area contributed by atoms with Gasteiger partial charge in [-0.3, -0.25) is 4.79 Å². The van der Waals surface area contributed by atoms with Gasteiger partial charge in [-0.1, -0.05) is 11.6 Å². The third-order valence-corrected chi connectivity index (χ3v) is 2.77. The van der Waals surface area contributed by atoms with Crippen LogP contribution in [0.15, 0.2) is 16.6 Å². The maximum Gasteiger partial charge on any atom is 0.300 e. The van der Waals surface area contributed by atoms with Crippen LogP contribution in [-0.2, 0) is 0 Å². The van der Waals surface area contributed by atoms with Crippen molar-refractivity contribution in [1.29, 1.82) is 0 Å². The average molecular weight is 287 g/mol. The molecule has 0 aliphatic rings. The summed E-state index contributed by atoms with van der Waals surface area (Å²) in [4.78, 5) is 10.8. The third kappa shape index (κ3) is 2.09. The van der Waals surface area contributed by atoms with Crippen molar-refractivity contribution < 1.29 is 18.0 Å². The van der Waals surface area contributed by atoms with Gasteiger partial charge in [0.05, 0.1) is 10.6 Å². The molecule has 0 amide bonds. The molecule has 0 saturated carbocycles. The van der Waals surface area contributed by atoms with E-state index in [-0.39, 0.29) is 9.50 Å². The highest BCUT2D eigenvalue weighted by atomic mass is 79.9. The van der Waals surface area contributed by atoms with Gasteiger partial charge in [-0.05, 0) is 28.1 Å². The average Bonchev–Trinajstić information content (AvgIpc) is 2.12. The maximum absolute atomic E-state index is 13.0. The summed E-state index contributed by atoms with van der Waals surface area (Å²) in [5.41, 5.74) is -0.781. The van der Waals surface area contributed by atoms with Gasteiger partial charge in [-0.15, -0.1) is 0 Å². The van der Waals surface area contributed by atoms with Crippen molar-refractivity contribution in [2.24, 2.45) is 0 Å². The lowest BCUT2D eigenvalue weighted by atomic mass is 10.1. The van der Waals surface area contributed by atoms with E-state index in [1.165, 1.54) is 6.07 Å². The molecule has 1 aromatic rings. The molecule has 1 aromatic carbocycles. The summed E-state index contributed by atoms with van der Waals surface area (Å²) in [6.07, 6.45) is -3.27. The van der Waals surface area contributed by atoms with Crippen LogP contribution in [0.1, 0.15) is 10.4 Å². The number of rotatable bonds is 2. The van der Waals surface area contributed by atoms with Crippen molar-refractivity contribution in [3.05, 3.63) is 33.0 Å². The van der Waals surface area contributed by atoms with Gasteiger partial charge >= 0.3 is 6.43 Å². The first-order valence-corrected chi connectivity index (χ1v) is 4.58. The number of ketones is 1. The number of alkyl halides is 2. The predicted molar refractivity (Wildman–Crippen MR) is 49.4 cm³/mol. The van der Waals surface area contributed by atoms with Gasteiger partial charge in [-0.2, -0.15) is 0 Å². The first kappa shape index (κ1) is 11.5. The smallest absolute Gasteiger partial charge is 0.288 e. The Morgan fingerprint density at radius 3 is 2.50 bits per heavy atom. The van der Waals surface area contributed by atoms with Gasteiger partial charge in [-0.25, -0.2) is 13.2 Å². The fraction of sp³-hybridized carbons (Fsp3) is 0.125. The zero-order valence-corrected chi connectivity index (χ0v) is 8.87. The summed E-state index contributed by atoms with van der Waals surface area (Å²) in [5.74, 6) is -2.67. The minimum Gasteiger partial charge on any atom is -0.288 e. The summed E-state index contributed by atoms with van der Waals surface area (Å²) in [7, 11) is 0. The van der Waals surface area contributed by atoms with E-state index in [1.54, 1.807) is 0 Å². The zero-order valence-electron chi connectivity index (χ0n) is 6.53. The molecule has 0 heterocycles. The molecule has 0 atom stereocenters. The molecular weight excluding hydrogens is 284 g/mol. The molecule has 1 rings (SSSR count). The molecule has 0 aliphatic heterocycles. The second-order valence-electron chi connectivity index (χ2n) is 2.38. The molecule has 6 heteroatoms. The molecular formula is C8H3BrClF3O. The first-order chi connectivity index (χ1) is 6.45. The number of benzene rings is 1. The van der Waals surface area contributed by atoms with Crippen molar-refractivity contribution >= 4 is 33.3 Å². The minimum atomic E-state index is -3.27. The number of hydrogen-bond acceptors (Lipinski definition) is 1. The topological polar surface area (TPSA) is 17.1 Å². The molecule has 76 valence electrons. The van der Waals surface area contributed by atoms with Crippen molar-refractivity contribution in [1.82, 2.24) is 0 Å². The number of halogens is 5. The molecule has 0 bridgehead atoms. The molecule has 0 unspecified atom stereocenters. The molecule has 0 N–H and O–H groups in total. The summed E-state index contributed by atoms with van der Waals surface area (Å²) >= 11 is 8.40. The third-order valence-electron chi connectivity index (χ3n) is 1.49. The van der Waals surface area contributed by atoms with Gasteiger partial charge in [0.1, 0.15) is 5.82 Å². The number of Topliss-reactive ketones (excluding diaryl/α,β-unsaturated/α-hetero) is 1. The van der Waals surface area contributed by atoms with Gasteiger partial charge < -0.3 is 0 Å². The van der Waals surface area contributed by atoms with Crippen molar-refractivity contribution in [3.8, 4) is 0 Å². The lowest BCUT2D eigenvalue weighted by Crippen LogP contribution is -2.13. The predicted octanol–water partition coefficient (Wildman–Crippen LogP) is 3.69. The molecule has 1 nitrogen and oxygen atoms in total. The normalized spacial score (nSPS) is 10.7. The Hall–Kier alpha value is -0.550. The van der Waals surface area contributed by atoms with Gasteiger partial charge in [0.15, 0.2) is 0 Å². The summed E-state index contributed by atoms with van der Waals surface area (Å²) in [6, 6.07) is 2.13. The number of hydrogen-bond donors (Lipinski definition) is 0. The Labute approximate surface area is 91.0 Å². The van der Waals surface area contributed by atoms with E-state index in [0.717, 1.165) is 6.07 Å². The zero-order chi connectivity index (χ0) is 10.9. The van der Waals surface area contributed by atoms with Crippen LogP contribution in [0.25, 0.3) is 0 Å². The van der Waals surface area contributed by atoms with Crippen LogP contribution in [0.5, 0.6) is 0 Å². The van der Waals surface area contributed by atoms with Crippen molar-refractivity contribution in [2.75, 3.05) is 0 Å². The Kier molecular flexibility index (Phi) is 3.55. The molecule has 0 saturated heterocycles. The van der Waals surface area contributed by atoms with E-state index in [2.05, 4.69) is 15.9 Å². The first-order valence-electron chi connectivity index (χ1n) is 3.41. The number of carbonyl (C=O) groups is 1. The van der Waals surface area contributed by atoms with Gasteiger partial charge in [0, 0.05) is 4.47 Å². The highest BCUT2D eigenvalue weighted by Crippen LogP contribution is 2.29. The largest absolute Gasteiger partial charge is 0.300 e. The van der Waals surface area contributed by atoms with Crippen LogP contribution >= 0.6 is 27.5 Å². The lowest BCUT2D eigenvalue weighted by Gasteiger charge is -2.05. The van der Waals surface area contributed by atoms with E-state index in [1.807, 2.05) is 0 Å². The Bertz CT molecular complexity index is 381. The van der Waals surface area contributed by atoms with Crippen LogP contribution < -0.4 is 0 Å². The van der Waals surface area contributed by atoms with E-state index in [9.17, 15) is 18.0 Å². The molecule has 0 aromatic heterocycles. The molecule has 0 fully saturated rings. The van der Waals surface area contributed by atoms with Crippen LogP contribution in [0.4, 0.5) is 13.2 Å². The van der Waals surface area contributed by atoms with Crippen molar-refractivity contribution in [3.63, 3.8) is 0 Å². The van der Waals surface area contributed by atoms with E-state index in [0.29, 0.717) is 0 Å². The van der Waals surface area contributed by atoms with Crippen molar-refractivity contribution in [2.45, 2.75) is 6.43 Å². The molecule has 14 heavy (non-hydrogen) atoms. The second-order valence-corrected chi connectivity index (χ2v) is 3.62. The SMILES string of the molecule is O=C(c1c(F)ccc(Br)c1Cl)C(F)F. The quantitative estimate of drug-likeness (QED) is 0.599. The Morgan fingerprint density at radius 2 is 2.00 bits per heavy atom. The fourth-order valence-corrected chi connectivity index (χ4v) is 1.44. The van der Waals surface area contributed by atoms with E-state index >= 15 is 0 Å². The van der Waals surface area contributed by atoms with E-state index < -0.39 is 23.6 Å². The molecule has 0 spiro atoms. The van der Waals surface area contributed by atoms with Crippen LogP contribution in [0.3, 0.4) is 0 Å². The molecule has 0 aliphatic carbocycles.